The summed E-state index contributed by atoms with van der Waals surface area (Å²) in [4.78, 5) is 0. The van der Waals surface area contributed by atoms with Crippen molar-refractivity contribution < 1.29 is 0 Å². The van der Waals surface area contributed by atoms with Crippen molar-refractivity contribution in [2.75, 3.05) is 6.54 Å². The van der Waals surface area contributed by atoms with Gasteiger partial charge in [0.15, 0.2) is 0 Å². The Kier molecular flexibility index (Phi) is 4.49. The number of hydrogen-bond acceptors (Lipinski definition) is 1. The van der Waals surface area contributed by atoms with Crippen LogP contribution in [-0.2, 0) is 12.8 Å². The Bertz CT molecular complexity index is 532. The molecule has 1 atom stereocenters. The summed E-state index contributed by atoms with van der Waals surface area (Å²) >= 11 is 0. The van der Waals surface area contributed by atoms with Crippen molar-refractivity contribution in [1.29, 1.82) is 0 Å². The summed E-state index contributed by atoms with van der Waals surface area (Å²) < 4.78 is 0. The van der Waals surface area contributed by atoms with E-state index in [1.165, 1.54) is 43.2 Å². The van der Waals surface area contributed by atoms with Crippen molar-refractivity contribution in [3.63, 3.8) is 0 Å². The predicted molar refractivity (Wildman–Crippen MR) is 84.9 cm³/mol. The average Bonchev–Trinajstić information content (AvgIpc) is 2.53. The van der Waals surface area contributed by atoms with E-state index in [0.29, 0.717) is 6.04 Å². The van der Waals surface area contributed by atoms with Gasteiger partial charge in [0, 0.05) is 6.04 Å². The van der Waals surface area contributed by atoms with E-state index >= 15 is 0 Å². The van der Waals surface area contributed by atoms with Gasteiger partial charge in [0.05, 0.1) is 0 Å². The molecule has 0 bridgehead atoms. The molecule has 0 aliphatic heterocycles. The fourth-order valence-corrected chi connectivity index (χ4v) is 3.18. The molecule has 0 saturated carbocycles. The minimum atomic E-state index is 0.565. The number of nitrogens with one attached hydrogen (secondary N) is 1. The van der Waals surface area contributed by atoms with E-state index in [2.05, 4.69) is 59.9 Å². The van der Waals surface area contributed by atoms with E-state index in [1.54, 1.807) is 5.56 Å². The number of aryl methyl sites for hydroxylation is 2. The molecule has 3 rings (SSSR count). The molecule has 1 aliphatic rings. The van der Waals surface area contributed by atoms with Gasteiger partial charge in [-0.1, -0.05) is 54.6 Å². The van der Waals surface area contributed by atoms with Crippen LogP contribution < -0.4 is 5.32 Å². The third-order valence-electron chi connectivity index (χ3n) is 4.25. The average molecular weight is 265 g/mol. The Morgan fingerprint density at radius 1 is 0.950 bits per heavy atom. The SMILES string of the molecule is c1ccc(CCCNC2CCCc3ccccc32)cc1. The van der Waals surface area contributed by atoms with Crippen LogP contribution in [0.3, 0.4) is 0 Å². The Labute approximate surface area is 122 Å². The van der Waals surface area contributed by atoms with Crippen molar-refractivity contribution >= 4 is 0 Å². The highest BCUT2D eigenvalue weighted by Gasteiger charge is 2.18. The second-order valence-corrected chi connectivity index (χ2v) is 5.69. The summed E-state index contributed by atoms with van der Waals surface area (Å²) in [7, 11) is 0. The van der Waals surface area contributed by atoms with Crippen LogP contribution in [0.4, 0.5) is 0 Å². The zero-order chi connectivity index (χ0) is 13.6. The molecule has 0 heterocycles. The van der Waals surface area contributed by atoms with Crippen LogP contribution in [-0.4, -0.2) is 6.54 Å². The number of benzene rings is 2. The summed E-state index contributed by atoms with van der Waals surface area (Å²) in [5.41, 5.74) is 4.51. The van der Waals surface area contributed by atoms with Crippen LogP contribution in [0.1, 0.15) is 42.0 Å². The van der Waals surface area contributed by atoms with Crippen molar-refractivity contribution in [3.8, 4) is 0 Å². The maximum atomic E-state index is 3.75. The van der Waals surface area contributed by atoms with Gasteiger partial charge in [-0.25, -0.2) is 0 Å². The summed E-state index contributed by atoms with van der Waals surface area (Å²) in [5, 5.41) is 3.75. The molecule has 0 saturated heterocycles. The standard InChI is InChI=1S/C19H23N/c1-2-8-16(9-3-1)10-7-15-20-19-14-6-12-17-11-4-5-13-18(17)19/h1-5,8-9,11,13,19-20H,6-7,10,12,14-15H2. The second-order valence-electron chi connectivity index (χ2n) is 5.69. The number of rotatable bonds is 5. The molecule has 104 valence electrons. The van der Waals surface area contributed by atoms with Crippen molar-refractivity contribution in [2.45, 2.75) is 38.1 Å². The van der Waals surface area contributed by atoms with E-state index < -0.39 is 0 Å². The lowest BCUT2D eigenvalue weighted by atomic mass is 9.88. The van der Waals surface area contributed by atoms with Gasteiger partial charge in [-0.2, -0.15) is 0 Å². The van der Waals surface area contributed by atoms with Gasteiger partial charge in [0.1, 0.15) is 0 Å². The third-order valence-corrected chi connectivity index (χ3v) is 4.25. The highest BCUT2D eigenvalue weighted by Crippen LogP contribution is 2.29. The van der Waals surface area contributed by atoms with Crippen LogP contribution in [0.25, 0.3) is 0 Å². The van der Waals surface area contributed by atoms with Gasteiger partial charge >= 0.3 is 0 Å². The van der Waals surface area contributed by atoms with E-state index in [9.17, 15) is 0 Å². The Morgan fingerprint density at radius 2 is 1.75 bits per heavy atom. The van der Waals surface area contributed by atoms with Crippen molar-refractivity contribution in [3.05, 3.63) is 71.3 Å². The molecule has 0 radical (unpaired) electrons. The quantitative estimate of drug-likeness (QED) is 0.795. The van der Waals surface area contributed by atoms with Crippen LogP contribution >= 0.6 is 0 Å². The molecule has 2 aromatic rings. The third kappa shape index (κ3) is 3.29. The number of fused-ring (bicyclic) bond motifs is 1. The van der Waals surface area contributed by atoms with E-state index in [-0.39, 0.29) is 0 Å². The van der Waals surface area contributed by atoms with Crippen molar-refractivity contribution in [2.24, 2.45) is 0 Å². The fourth-order valence-electron chi connectivity index (χ4n) is 3.18. The Hall–Kier alpha value is -1.60. The highest BCUT2D eigenvalue weighted by atomic mass is 14.9. The smallest absolute Gasteiger partial charge is 0.0323 e. The molecule has 0 amide bonds. The molecule has 0 spiro atoms. The van der Waals surface area contributed by atoms with Gasteiger partial charge in [-0.05, 0) is 55.3 Å². The molecule has 1 nitrogen and oxygen atoms in total. The zero-order valence-electron chi connectivity index (χ0n) is 12.0. The monoisotopic (exact) mass is 265 g/mol. The first-order valence-corrected chi connectivity index (χ1v) is 7.78. The molecule has 2 aromatic carbocycles. The molecule has 1 unspecified atom stereocenters. The van der Waals surface area contributed by atoms with Gasteiger partial charge in [0.25, 0.3) is 0 Å². The van der Waals surface area contributed by atoms with Crippen LogP contribution in [0, 0.1) is 0 Å². The highest BCUT2D eigenvalue weighted by molar-refractivity contribution is 5.32. The Balaban J connectivity index is 1.50. The Morgan fingerprint density at radius 3 is 2.65 bits per heavy atom. The molecule has 0 aromatic heterocycles. The van der Waals surface area contributed by atoms with Crippen LogP contribution in [0.5, 0.6) is 0 Å². The van der Waals surface area contributed by atoms with E-state index in [0.717, 1.165) is 6.54 Å². The molecule has 1 heteroatoms. The normalized spacial score (nSPS) is 17.7. The first-order valence-electron chi connectivity index (χ1n) is 7.78. The number of hydrogen-bond donors (Lipinski definition) is 1. The fraction of sp³-hybridized carbons (Fsp3) is 0.368. The van der Waals surface area contributed by atoms with Gasteiger partial charge in [-0.3, -0.25) is 0 Å². The first kappa shape index (κ1) is 13.4. The zero-order valence-corrected chi connectivity index (χ0v) is 12.0. The molecule has 1 aliphatic carbocycles. The van der Waals surface area contributed by atoms with Gasteiger partial charge in [-0.15, -0.1) is 0 Å². The molecule has 20 heavy (non-hydrogen) atoms. The minimum absolute atomic E-state index is 0.565. The molecular weight excluding hydrogens is 242 g/mol. The van der Waals surface area contributed by atoms with Crippen LogP contribution in [0.2, 0.25) is 0 Å². The lowest BCUT2D eigenvalue weighted by molar-refractivity contribution is 0.456. The molecule has 0 fully saturated rings. The summed E-state index contributed by atoms with van der Waals surface area (Å²) in [5.74, 6) is 0. The maximum Gasteiger partial charge on any atom is 0.0323 e. The minimum Gasteiger partial charge on any atom is -0.310 e. The summed E-state index contributed by atoms with van der Waals surface area (Å²) in [6.07, 6.45) is 6.22. The van der Waals surface area contributed by atoms with E-state index in [4.69, 9.17) is 0 Å². The van der Waals surface area contributed by atoms with Crippen molar-refractivity contribution in [1.82, 2.24) is 5.32 Å². The first-order chi connectivity index (χ1) is 9.93. The van der Waals surface area contributed by atoms with E-state index in [1.807, 2.05) is 0 Å². The summed E-state index contributed by atoms with van der Waals surface area (Å²) in [6, 6.07) is 20.2. The predicted octanol–water partition coefficient (Wildman–Crippen LogP) is 4.29. The lowest BCUT2D eigenvalue weighted by Crippen LogP contribution is -2.26. The summed E-state index contributed by atoms with van der Waals surface area (Å²) in [6.45, 7) is 1.11. The molecule has 1 N–H and O–H groups in total. The van der Waals surface area contributed by atoms with Gasteiger partial charge < -0.3 is 5.32 Å². The largest absolute Gasteiger partial charge is 0.310 e. The molecular formula is C19H23N. The second kappa shape index (κ2) is 6.71. The van der Waals surface area contributed by atoms with Gasteiger partial charge in [0.2, 0.25) is 0 Å². The maximum absolute atomic E-state index is 3.75. The van der Waals surface area contributed by atoms with Crippen LogP contribution in [0.15, 0.2) is 54.6 Å². The topological polar surface area (TPSA) is 12.0 Å². The lowest BCUT2D eigenvalue weighted by Gasteiger charge is -2.26.